The van der Waals surface area contributed by atoms with Crippen molar-refractivity contribution in [2.75, 3.05) is 6.26 Å². The minimum atomic E-state index is -1.01. The Morgan fingerprint density at radius 1 is 1.14 bits per heavy atom. The van der Waals surface area contributed by atoms with Crippen LogP contribution in [0, 0.1) is 5.92 Å². The van der Waals surface area contributed by atoms with Crippen LogP contribution >= 0.6 is 11.8 Å². The van der Waals surface area contributed by atoms with Gasteiger partial charge in [0.1, 0.15) is 0 Å². The van der Waals surface area contributed by atoms with E-state index in [1.54, 1.807) is 4.91 Å². The average molecular weight is 228 g/mol. The molecule has 1 aliphatic carbocycles. The van der Waals surface area contributed by atoms with Gasteiger partial charge in [0.05, 0.1) is 8.07 Å². The maximum absolute atomic E-state index is 2.62. The average Bonchev–Trinajstić information content (AvgIpc) is 2.14. The molecule has 14 heavy (non-hydrogen) atoms. The van der Waals surface area contributed by atoms with Gasteiger partial charge in [0.2, 0.25) is 0 Å². The fourth-order valence-corrected chi connectivity index (χ4v) is 5.35. The number of thioether (sulfide) groups is 1. The fraction of sp³-hybridized carbons (Fsp3) is 0.833. The van der Waals surface area contributed by atoms with Crippen molar-refractivity contribution in [2.24, 2.45) is 5.92 Å². The summed E-state index contributed by atoms with van der Waals surface area (Å²) in [5, 5.41) is 0. The Hall–Kier alpha value is 0.307. The summed E-state index contributed by atoms with van der Waals surface area (Å²) in [6, 6.07) is 0. The van der Waals surface area contributed by atoms with Crippen molar-refractivity contribution in [2.45, 2.75) is 51.7 Å². The smallest absolute Gasteiger partial charge is 0.0697 e. The summed E-state index contributed by atoms with van der Waals surface area (Å²) in [7, 11) is -1.01. The first-order chi connectivity index (χ1) is 6.53. The molecule has 82 valence electrons. The maximum Gasteiger partial charge on any atom is 0.0697 e. The molecule has 0 nitrogen and oxygen atoms in total. The van der Waals surface area contributed by atoms with Gasteiger partial charge in [0.25, 0.3) is 0 Å². The highest BCUT2D eigenvalue weighted by Crippen LogP contribution is 2.35. The Labute approximate surface area is 94.6 Å². The largest absolute Gasteiger partial charge is 0.134 e. The van der Waals surface area contributed by atoms with Crippen LogP contribution in [-0.4, -0.2) is 14.3 Å². The van der Waals surface area contributed by atoms with Gasteiger partial charge in [-0.15, -0.1) is 11.8 Å². The summed E-state index contributed by atoms with van der Waals surface area (Å²) in [6.45, 7) is 7.31. The summed E-state index contributed by atoms with van der Waals surface area (Å²) >= 11 is 2.00. The Morgan fingerprint density at radius 3 is 2.14 bits per heavy atom. The molecule has 0 bridgehead atoms. The molecule has 0 spiro atoms. The van der Waals surface area contributed by atoms with E-state index in [0.29, 0.717) is 0 Å². The number of hydrogen-bond donors (Lipinski definition) is 0. The van der Waals surface area contributed by atoms with Crippen LogP contribution < -0.4 is 0 Å². The third-order valence-corrected chi connectivity index (χ3v) is 5.13. The predicted molar refractivity (Wildman–Crippen MR) is 71.5 cm³/mol. The molecule has 0 saturated heterocycles. The topological polar surface area (TPSA) is 0 Å². The van der Waals surface area contributed by atoms with E-state index >= 15 is 0 Å². The van der Waals surface area contributed by atoms with Crippen LogP contribution in [0.2, 0.25) is 19.6 Å². The Morgan fingerprint density at radius 2 is 1.71 bits per heavy atom. The molecule has 0 aromatic heterocycles. The lowest BCUT2D eigenvalue weighted by molar-refractivity contribution is 0.415. The molecule has 0 aliphatic heterocycles. The fourth-order valence-electron chi connectivity index (χ4n) is 2.16. The van der Waals surface area contributed by atoms with Gasteiger partial charge in [-0.2, -0.15) is 0 Å². The highest BCUT2D eigenvalue weighted by atomic mass is 32.2. The van der Waals surface area contributed by atoms with Crippen molar-refractivity contribution in [3.63, 3.8) is 0 Å². The normalized spacial score (nSPS) is 21.3. The highest BCUT2D eigenvalue weighted by Gasteiger charge is 2.20. The zero-order valence-electron chi connectivity index (χ0n) is 10.1. The second-order valence-corrected chi connectivity index (χ2v) is 11.4. The molecule has 0 radical (unpaired) electrons. The van der Waals surface area contributed by atoms with Gasteiger partial charge in [0.15, 0.2) is 0 Å². The van der Waals surface area contributed by atoms with Crippen LogP contribution in [0.1, 0.15) is 32.1 Å². The van der Waals surface area contributed by atoms with E-state index in [-0.39, 0.29) is 0 Å². The highest BCUT2D eigenvalue weighted by molar-refractivity contribution is 8.02. The Balaban J connectivity index is 2.64. The number of rotatable bonds is 3. The van der Waals surface area contributed by atoms with Crippen molar-refractivity contribution < 1.29 is 0 Å². The molecular weight excluding hydrogens is 204 g/mol. The summed E-state index contributed by atoms with van der Waals surface area (Å²) in [6.07, 6.45) is 9.50. The molecular formula is C12H24SSi. The first kappa shape index (κ1) is 12.4. The third-order valence-electron chi connectivity index (χ3n) is 2.82. The van der Waals surface area contributed by atoms with Gasteiger partial charge in [-0.1, -0.05) is 44.6 Å². The summed E-state index contributed by atoms with van der Waals surface area (Å²) in [5.41, 5.74) is 2.62. The maximum atomic E-state index is 2.62. The molecule has 0 atom stereocenters. The van der Waals surface area contributed by atoms with Crippen molar-refractivity contribution in [1.82, 2.24) is 0 Å². The minimum absolute atomic E-state index is 0.908. The van der Waals surface area contributed by atoms with Crippen LogP contribution in [-0.2, 0) is 0 Å². The molecule has 0 aromatic carbocycles. The summed E-state index contributed by atoms with van der Waals surface area (Å²) < 4.78 is 0. The molecule has 1 fully saturated rings. The second kappa shape index (κ2) is 5.41. The van der Waals surface area contributed by atoms with E-state index in [1.165, 1.54) is 32.1 Å². The molecule has 2 heteroatoms. The van der Waals surface area contributed by atoms with Crippen LogP contribution in [0.25, 0.3) is 0 Å². The van der Waals surface area contributed by atoms with E-state index in [1.807, 2.05) is 11.8 Å². The molecule has 0 heterocycles. The summed E-state index contributed by atoms with van der Waals surface area (Å²) in [4.78, 5) is 1.70. The Bertz CT molecular complexity index is 197. The van der Waals surface area contributed by atoms with E-state index in [4.69, 9.17) is 0 Å². The minimum Gasteiger partial charge on any atom is -0.134 e. The first-order valence-corrected chi connectivity index (χ1v) is 10.6. The van der Waals surface area contributed by atoms with Gasteiger partial charge in [-0.3, -0.25) is 0 Å². The molecule has 1 rings (SSSR count). The molecule has 1 aliphatic rings. The molecule has 0 N–H and O–H groups in total. The SMILES string of the molecule is CS/C(=C/[Si](C)(C)C)C1CCCCC1. The van der Waals surface area contributed by atoms with Crippen LogP contribution in [0.4, 0.5) is 0 Å². The third kappa shape index (κ3) is 4.22. The van der Waals surface area contributed by atoms with Crippen LogP contribution in [0.15, 0.2) is 10.6 Å². The van der Waals surface area contributed by atoms with Crippen LogP contribution in [0.5, 0.6) is 0 Å². The standard InChI is InChI=1S/C12H24SSi/c1-13-12(10-14(2,3)4)11-8-6-5-7-9-11/h10-11H,5-9H2,1-4H3/b12-10+. The zero-order chi connectivity index (χ0) is 10.6. The van der Waals surface area contributed by atoms with E-state index in [9.17, 15) is 0 Å². The van der Waals surface area contributed by atoms with Crippen molar-refractivity contribution in [1.29, 1.82) is 0 Å². The number of allylic oxidation sites excluding steroid dienone is 1. The monoisotopic (exact) mass is 228 g/mol. The predicted octanol–water partition coefficient (Wildman–Crippen LogP) is 4.69. The van der Waals surface area contributed by atoms with Crippen molar-refractivity contribution in [3.8, 4) is 0 Å². The van der Waals surface area contributed by atoms with Gasteiger partial charge < -0.3 is 0 Å². The summed E-state index contributed by atoms with van der Waals surface area (Å²) in [5.74, 6) is 0.908. The van der Waals surface area contributed by atoms with Crippen LogP contribution in [0.3, 0.4) is 0 Å². The molecule has 0 unspecified atom stereocenters. The second-order valence-electron chi connectivity index (χ2n) is 5.45. The molecule has 0 amide bonds. The Kier molecular flexibility index (Phi) is 4.78. The van der Waals surface area contributed by atoms with Crippen molar-refractivity contribution >= 4 is 19.8 Å². The van der Waals surface area contributed by atoms with Gasteiger partial charge >= 0.3 is 0 Å². The zero-order valence-corrected chi connectivity index (χ0v) is 11.9. The molecule has 1 saturated carbocycles. The lowest BCUT2D eigenvalue weighted by Crippen LogP contribution is -2.19. The molecule has 0 aromatic rings. The van der Waals surface area contributed by atoms with Gasteiger partial charge in [0, 0.05) is 0 Å². The lowest BCUT2D eigenvalue weighted by Gasteiger charge is -2.25. The van der Waals surface area contributed by atoms with E-state index in [0.717, 1.165) is 5.92 Å². The van der Waals surface area contributed by atoms with Crippen molar-refractivity contribution in [3.05, 3.63) is 10.6 Å². The van der Waals surface area contributed by atoms with E-state index < -0.39 is 8.07 Å². The van der Waals surface area contributed by atoms with E-state index in [2.05, 4.69) is 31.6 Å². The van der Waals surface area contributed by atoms with Gasteiger partial charge in [-0.25, -0.2) is 0 Å². The quantitative estimate of drug-likeness (QED) is 0.631. The van der Waals surface area contributed by atoms with Gasteiger partial charge in [-0.05, 0) is 29.9 Å². The lowest BCUT2D eigenvalue weighted by atomic mass is 9.89. The number of hydrogen-bond acceptors (Lipinski definition) is 1. The first-order valence-electron chi connectivity index (χ1n) is 5.79.